The molecule has 0 saturated heterocycles. The summed E-state index contributed by atoms with van der Waals surface area (Å²) < 4.78 is 0. The van der Waals surface area contributed by atoms with Crippen molar-refractivity contribution in [2.75, 3.05) is 0 Å². The molecule has 0 aliphatic rings. The van der Waals surface area contributed by atoms with Gasteiger partial charge in [0.1, 0.15) is 0 Å². The minimum atomic E-state index is -1.31. The molecule has 21 heavy (non-hydrogen) atoms. The van der Waals surface area contributed by atoms with Crippen molar-refractivity contribution < 1.29 is 5.11 Å². The number of aliphatic imine (C=N–C) groups is 1. The van der Waals surface area contributed by atoms with E-state index >= 15 is 0 Å². The highest BCUT2D eigenvalue weighted by molar-refractivity contribution is 6.76. The summed E-state index contributed by atoms with van der Waals surface area (Å²) in [6.45, 7) is 11.2. The topological polar surface area (TPSA) is 32.6 Å². The SMILES string of the molecule is CCCCC(O)(CC(C)=Nc1ccccc1)C[Si](C)(C)C. The van der Waals surface area contributed by atoms with Crippen LogP contribution in [0.2, 0.25) is 25.7 Å². The van der Waals surface area contributed by atoms with Gasteiger partial charge < -0.3 is 5.11 Å². The minimum absolute atomic E-state index is 0.581. The van der Waals surface area contributed by atoms with E-state index in [4.69, 9.17) is 0 Å². The van der Waals surface area contributed by atoms with Gasteiger partial charge in [-0.15, -0.1) is 0 Å². The summed E-state index contributed by atoms with van der Waals surface area (Å²) in [7, 11) is -1.31. The molecule has 1 aromatic carbocycles. The van der Waals surface area contributed by atoms with E-state index in [2.05, 4.69) is 31.6 Å². The molecule has 0 heterocycles. The van der Waals surface area contributed by atoms with Gasteiger partial charge in [0.25, 0.3) is 0 Å². The Hall–Kier alpha value is -0.933. The number of unbranched alkanes of at least 4 members (excludes halogenated alkanes) is 1. The third-order valence-electron chi connectivity index (χ3n) is 3.52. The van der Waals surface area contributed by atoms with E-state index < -0.39 is 13.7 Å². The number of rotatable bonds is 8. The van der Waals surface area contributed by atoms with Gasteiger partial charge in [-0.3, -0.25) is 4.99 Å². The zero-order valence-electron chi connectivity index (χ0n) is 14.3. The molecular weight excluding hydrogens is 274 g/mol. The van der Waals surface area contributed by atoms with Crippen molar-refractivity contribution in [1.29, 1.82) is 0 Å². The number of aliphatic hydroxyl groups is 1. The molecule has 0 aromatic heterocycles. The molecule has 1 N–H and O–H groups in total. The zero-order chi connectivity index (χ0) is 15.9. The van der Waals surface area contributed by atoms with Gasteiger partial charge in [-0.2, -0.15) is 0 Å². The van der Waals surface area contributed by atoms with E-state index in [-0.39, 0.29) is 0 Å². The fourth-order valence-corrected chi connectivity index (χ4v) is 5.25. The maximum atomic E-state index is 11.1. The lowest BCUT2D eigenvalue weighted by Crippen LogP contribution is -2.39. The molecule has 0 bridgehead atoms. The molecule has 0 spiro atoms. The minimum Gasteiger partial charge on any atom is -0.390 e. The number of benzene rings is 1. The normalized spacial score (nSPS) is 15.8. The summed E-state index contributed by atoms with van der Waals surface area (Å²) >= 11 is 0. The fraction of sp³-hybridized carbons (Fsp3) is 0.611. The second kappa shape index (κ2) is 7.90. The van der Waals surface area contributed by atoms with Gasteiger partial charge >= 0.3 is 0 Å². The maximum Gasteiger partial charge on any atom is 0.0676 e. The summed E-state index contributed by atoms with van der Waals surface area (Å²) in [4.78, 5) is 4.65. The number of para-hydroxylation sites is 1. The third-order valence-corrected chi connectivity index (χ3v) is 5.23. The van der Waals surface area contributed by atoms with Crippen molar-refractivity contribution in [3.05, 3.63) is 30.3 Å². The molecule has 0 saturated carbocycles. The van der Waals surface area contributed by atoms with Crippen LogP contribution in [-0.4, -0.2) is 24.5 Å². The lowest BCUT2D eigenvalue weighted by molar-refractivity contribution is 0.0547. The van der Waals surface area contributed by atoms with Crippen LogP contribution >= 0.6 is 0 Å². The molecule has 1 unspecified atom stereocenters. The van der Waals surface area contributed by atoms with Gasteiger partial charge in [-0.25, -0.2) is 0 Å². The predicted molar refractivity (Wildman–Crippen MR) is 96.5 cm³/mol. The highest BCUT2D eigenvalue weighted by Gasteiger charge is 2.33. The Morgan fingerprint density at radius 3 is 2.33 bits per heavy atom. The van der Waals surface area contributed by atoms with E-state index in [1.54, 1.807) is 0 Å². The number of hydrogen-bond acceptors (Lipinski definition) is 2. The summed E-state index contributed by atoms with van der Waals surface area (Å²) in [6.07, 6.45) is 3.78. The van der Waals surface area contributed by atoms with Gasteiger partial charge in [0.2, 0.25) is 0 Å². The van der Waals surface area contributed by atoms with Gasteiger partial charge in [0.15, 0.2) is 0 Å². The Bertz CT molecular complexity index is 450. The Morgan fingerprint density at radius 2 is 1.81 bits per heavy atom. The Labute approximate surface area is 131 Å². The summed E-state index contributed by atoms with van der Waals surface area (Å²) in [5, 5.41) is 11.1. The molecule has 1 rings (SSSR count). The molecule has 0 aliphatic heterocycles. The van der Waals surface area contributed by atoms with Crippen molar-refractivity contribution in [2.24, 2.45) is 4.99 Å². The number of nitrogens with zero attached hydrogens (tertiary/aromatic N) is 1. The first kappa shape index (κ1) is 18.1. The largest absolute Gasteiger partial charge is 0.390 e. The predicted octanol–water partition coefficient (Wildman–Crippen LogP) is 5.43. The highest BCUT2D eigenvalue weighted by Crippen LogP contribution is 2.30. The molecule has 1 atom stereocenters. The van der Waals surface area contributed by atoms with E-state index in [0.29, 0.717) is 6.42 Å². The summed E-state index contributed by atoms with van der Waals surface area (Å²) in [5.74, 6) is 0. The van der Waals surface area contributed by atoms with Gasteiger partial charge in [-0.05, 0) is 31.5 Å². The molecule has 0 fully saturated rings. The molecule has 118 valence electrons. The van der Waals surface area contributed by atoms with Crippen molar-refractivity contribution in [1.82, 2.24) is 0 Å². The monoisotopic (exact) mass is 305 g/mol. The Morgan fingerprint density at radius 1 is 1.19 bits per heavy atom. The molecule has 3 heteroatoms. The van der Waals surface area contributed by atoms with Crippen LogP contribution in [0.1, 0.15) is 39.5 Å². The zero-order valence-corrected chi connectivity index (χ0v) is 15.3. The molecule has 0 aliphatic carbocycles. The molecule has 1 aromatic rings. The van der Waals surface area contributed by atoms with Gasteiger partial charge in [0, 0.05) is 20.2 Å². The van der Waals surface area contributed by atoms with Gasteiger partial charge in [-0.1, -0.05) is 57.6 Å². The summed E-state index contributed by atoms with van der Waals surface area (Å²) in [6, 6.07) is 11.0. The maximum absolute atomic E-state index is 11.1. The van der Waals surface area contributed by atoms with Crippen LogP contribution in [0.3, 0.4) is 0 Å². The van der Waals surface area contributed by atoms with Crippen LogP contribution in [0, 0.1) is 0 Å². The second-order valence-corrected chi connectivity index (χ2v) is 12.9. The van der Waals surface area contributed by atoms with Crippen molar-refractivity contribution in [3.63, 3.8) is 0 Å². The van der Waals surface area contributed by atoms with Gasteiger partial charge in [0.05, 0.1) is 11.3 Å². The first-order valence-electron chi connectivity index (χ1n) is 8.06. The van der Waals surface area contributed by atoms with Crippen LogP contribution in [0.5, 0.6) is 0 Å². The number of hydrogen-bond donors (Lipinski definition) is 1. The fourth-order valence-electron chi connectivity index (χ4n) is 2.97. The second-order valence-electron chi connectivity index (χ2n) is 7.42. The van der Waals surface area contributed by atoms with Crippen molar-refractivity contribution >= 4 is 19.5 Å². The first-order valence-corrected chi connectivity index (χ1v) is 11.8. The van der Waals surface area contributed by atoms with E-state index in [1.165, 1.54) is 0 Å². The molecule has 2 nitrogen and oxygen atoms in total. The van der Waals surface area contributed by atoms with Crippen LogP contribution in [-0.2, 0) is 0 Å². The quantitative estimate of drug-likeness (QED) is 0.504. The third kappa shape index (κ3) is 7.58. The average Bonchev–Trinajstić information content (AvgIpc) is 2.35. The van der Waals surface area contributed by atoms with Crippen LogP contribution in [0.25, 0.3) is 0 Å². The average molecular weight is 306 g/mol. The standard InChI is InChI=1S/C18H31NOSi/c1-6-7-13-18(20,15-21(3,4)5)14-16(2)19-17-11-9-8-10-12-17/h8-12,20H,6-7,13-15H2,1-5H3. The molecule has 0 amide bonds. The van der Waals surface area contributed by atoms with Crippen molar-refractivity contribution in [3.8, 4) is 0 Å². The lowest BCUT2D eigenvalue weighted by atomic mass is 9.93. The van der Waals surface area contributed by atoms with E-state index in [0.717, 1.165) is 36.7 Å². The van der Waals surface area contributed by atoms with Crippen LogP contribution in [0.15, 0.2) is 35.3 Å². The highest BCUT2D eigenvalue weighted by atomic mass is 28.3. The Balaban J connectivity index is 2.82. The van der Waals surface area contributed by atoms with E-state index in [1.807, 2.05) is 37.3 Å². The molecular formula is C18H31NOSi. The van der Waals surface area contributed by atoms with E-state index in [9.17, 15) is 5.11 Å². The Kier molecular flexibility index (Phi) is 6.82. The van der Waals surface area contributed by atoms with Crippen molar-refractivity contribution in [2.45, 2.75) is 70.8 Å². The summed E-state index contributed by atoms with van der Waals surface area (Å²) in [5.41, 5.74) is 1.42. The van der Waals surface area contributed by atoms with Crippen LogP contribution < -0.4 is 0 Å². The smallest absolute Gasteiger partial charge is 0.0676 e. The van der Waals surface area contributed by atoms with Crippen LogP contribution in [0.4, 0.5) is 5.69 Å². The lowest BCUT2D eigenvalue weighted by Gasteiger charge is -2.33. The first-order chi connectivity index (χ1) is 9.74. The molecule has 0 radical (unpaired) electrons.